The second-order valence-electron chi connectivity index (χ2n) is 6.48. The Morgan fingerprint density at radius 1 is 1.12 bits per heavy atom. The zero-order valence-corrected chi connectivity index (χ0v) is 14.5. The summed E-state index contributed by atoms with van der Waals surface area (Å²) in [5.41, 5.74) is 3.03. The third-order valence-electron chi connectivity index (χ3n) is 4.23. The Hall–Kier alpha value is -3.22. The van der Waals surface area contributed by atoms with E-state index in [-0.39, 0.29) is 17.4 Å². The number of fused-ring (bicyclic) bond motifs is 1. The number of anilines is 1. The van der Waals surface area contributed by atoms with Crippen LogP contribution in [0.25, 0.3) is 0 Å². The van der Waals surface area contributed by atoms with Gasteiger partial charge >= 0.3 is 0 Å². The lowest BCUT2D eigenvalue weighted by Gasteiger charge is -2.25. The normalized spacial score (nSPS) is 15.9. The van der Waals surface area contributed by atoms with Gasteiger partial charge in [-0.25, -0.2) is 4.68 Å². The molecule has 134 valence electrons. The van der Waals surface area contributed by atoms with E-state index >= 15 is 0 Å². The Kier molecular flexibility index (Phi) is 4.71. The summed E-state index contributed by atoms with van der Waals surface area (Å²) in [6, 6.07) is 9.84. The molecule has 2 N–H and O–H groups in total. The summed E-state index contributed by atoms with van der Waals surface area (Å²) in [6.45, 7) is 3.19. The van der Waals surface area contributed by atoms with Gasteiger partial charge in [0, 0.05) is 24.5 Å². The Bertz CT molecular complexity index is 947. The number of aromatic nitrogens is 1. The molecular weight excluding hydrogens is 334 g/mol. The van der Waals surface area contributed by atoms with Crippen LogP contribution in [0.1, 0.15) is 46.7 Å². The minimum Gasteiger partial charge on any atom is -0.317 e. The van der Waals surface area contributed by atoms with Gasteiger partial charge in [0.1, 0.15) is 5.69 Å². The SMILES string of the molecule is CC(=O)Nn1c2c(cc(NC(=O)c3ccccc3)c1=O)C(=O)CC(C)C2. The van der Waals surface area contributed by atoms with Gasteiger partial charge in [0.15, 0.2) is 5.78 Å². The van der Waals surface area contributed by atoms with E-state index < -0.39 is 17.4 Å². The average molecular weight is 353 g/mol. The number of Topliss-reactive ketones (excluding diaryl/α,β-unsaturated/α-hetero) is 1. The highest BCUT2D eigenvalue weighted by atomic mass is 16.2. The van der Waals surface area contributed by atoms with Gasteiger partial charge in [0.05, 0.1) is 5.69 Å². The summed E-state index contributed by atoms with van der Waals surface area (Å²) < 4.78 is 1.08. The van der Waals surface area contributed by atoms with Crippen LogP contribution in [0.2, 0.25) is 0 Å². The topological polar surface area (TPSA) is 97.3 Å². The monoisotopic (exact) mass is 353 g/mol. The number of benzene rings is 1. The van der Waals surface area contributed by atoms with Crippen molar-refractivity contribution in [2.24, 2.45) is 5.92 Å². The van der Waals surface area contributed by atoms with Crippen LogP contribution in [0.4, 0.5) is 5.69 Å². The van der Waals surface area contributed by atoms with E-state index in [1.165, 1.54) is 13.0 Å². The van der Waals surface area contributed by atoms with Crippen LogP contribution in [-0.2, 0) is 11.2 Å². The molecule has 0 spiro atoms. The van der Waals surface area contributed by atoms with Crippen LogP contribution in [0.5, 0.6) is 0 Å². The second kappa shape index (κ2) is 6.95. The zero-order chi connectivity index (χ0) is 18.8. The molecule has 2 aromatic rings. The fourth-order valence-corrected chi connectivity index (χ4v) is 3.07. The quantitative estimate of drug-likeness (QED) is 0.881. The molecule has 1 aromatic carbocycles. The van der Waals surface area contributed by atoms with Crippen molar-refractivity contribution >= 4 is 23.3 Å². The van der Waals surface area contributed by atoms with Crippen molar-refractivity contribution in [2.75, 3.05) is 10.7 Å². The van der Waals surface area contributed by atoms with E-state index in [2.05, 4.69) is 10.7 Å². The molecule has 0 fully saturated rings. The Morgan fingerprint density at radius 3 is 2.46 bits per heavy atom. The molecule has 26 heavy (non-hydrogen) atoms. The maximum absolute atomic E-state index is 12.8. The molecular formula is C19H19N3O4. The van der Waals surface area contributed by atoms with Crippen LogP contribution >= 0.6 is 0 Å². The Balaban J connectivity index is 2.07. The number of nitrogens with one attached hydrogen (secondary N) is 2. The van der Waals surface area contributed by atoms with Gasteiger partial charge in [-0.05, 0) is 30.5 Å². The molecule has 0 saturated heterocycles. The molecule has 7 nitrogen and oxygen atoms in total. The number of rotatable bonds is 3. The van der Waals surface area contributed by atoms with E-state index in [4.69, 9.17) is 0 Å². The fourth-order valence-electron chi connectivity index (χ4n) is 3.07. The highest BCUT2D eigenvalue weighted by Crippen LogP contribution is 2.25. The number of pyridine rings is 1. The van der Waals surface area contributed by atoms with Crippen LogP contribution in [-0.4, -0.2) is 22.3 Å². The maximum Gasteiger partial charge on any atom is 0.293 e. The summed E-state index contributed by atoms with van der Waals surface area (Å²) >= 11 is 0. The van der Waals surface area contributed by atoms with Gasteiger partial charge in [-0.3, -0.25) is 24.6 Å². The van der Waals surface area contributed by atoms with Gasteiger partial charge in [0.25, 0.3) is 11.5 Å². The summed E-state index contributed by atoms with van der Waals surface area (Å²) in [7, 11) is 0. The largest absolute Gasteiger partial charge is 0.317 e. The lowest BCUT2D eigenvalue weighted by Crippen LogP contribution is -2.39. The summed E-state index contributed by atoms with van der Waals surface area (Å²) in [4.78, 5) is 49.1. The van der Waals surface area contributed by atoms with Crippen LogP contribution < -0.4 is 16.3 Å². The van der Waals surface area contributed by atoms with Crippen molar-refractivity contribution in [3.8, 4) is 0 Å². The summed E-state index contributed by atoms with van der Waals surface area (Å²) in [5, 5.41) is 2.55. The number of nitrogens with zero attached hydrogens (tertiary/aromatic N) is 1. The molecule has 1 aliphatic rings. The first-order valence-electron chi connectivity index (χ1n) is 8.33. The van der Waals surface area contributed by atoms with Crippen molar-refractivity contribution in [3.05, 3.63) is 63.6 Å². The van der Waals surface area contributed by atoms with E-state index in [1.54, 1.807) is 30.3 Å². The fraction of sp³-hybridized carbons (Fsp3) is 0.263. The molecule has 1 unspecified atom stereocenters. The number of amides is 2. The molecule has 1 heterocycles. The van der Waals surface area contributed by atoms with E-state index in [9.17, 15) is 19.2 Å². The molecule has 7 heteroatoms. The van der Waals surface area contributed by atoms with E-state index in [0.29, 0.717) is 29.7 Å². The zero-order valence-electron chi connectivity index (χ0n) is 14.5. The number of hydrogen-bond acceptors (Lipinski definition) is 4. The lowest BCUT2D eigenvalue weighted by molar-refractivity contribution is -0.115. The molecule has 0 saturated carbocycles. The average Bonchev–Trinajstić information content (AvgIpc) is 2.59. The predicted molar refractivity (Wildman–Crippen MR) is 97.0 cm³/mol. The van der Waals surface area contributed by atoms with E-state index in [1.807, 2.05) is 6.92 Å². The minimum absolute atomic E-state index is 0.0470. The van der Waals surface area contributed by atoms with Gasteiger partial charge in [-0.2, -0.15) is 0 Å². The van der Waals surface area contributed by atoms with Crippen molar-refractivity contribution in [2.45, 2.75) is 26.7 Å². The lowest BCUT2D eigenvalue weighted by atomic mass is 9.87. The van der Waals surface area contributed by atoms with Crippen molar-refractivity contribution in [3.63, 3.8) is 0 Å². The summed E-state index contributed by atoms with van der Waals surface area (Å²) in [6.07, 6.45) is 0.848. The molecule has 2 amide bonds. The molecule has 0 bridgehead atoms. The van der Waals surface area contributed by atoms with Crippen LogP contribution in [0.3, 0.4) is 0 Å². The number of carbonyl (C=O) groups is 3. The van der Waals surface area contributed by atoms with Gasteiger partial charge in [0.2, 0.25) is 5.91 Å². The number of hydrogen-bond donors (Lipinski definition) is 2. The molecule has 0 aliphatic heterocycles. The van der Waals surface area contributed by atoms with E-state index in [0.717, 1.165) is 4.68 Å². The maximum atomic E-state index is 12.8. The smallest absolute Gasteiger partial charge is 0.293 e. The van der Waals surface area contributed by atoms with Gasteiger partial charge < -0.3 is 5.32 Å². The highest BCUT2D eigenvalue weighted by molar-refractivity contribution is 6.05. The third-order valence-corrected chi connectivity index (χ3v) is 4.23. The predicted octanol–water partition coefficient (Wildman–Crippen LogP) is 1.96. The minimum atomic E-state index is -0.579. The molecule has 1 atom stereocenters. The first kappa shape index (κ1) is 17.6. The van der Waals surface area contributed by atoms with Crippen molar-refractivity contribution in [1.29, 1.82) is 0 Å². The van der Waals surface area contributed by atoms with Crippen LogP contribution in [0, 0.1) is 5.92 Å². The molecule has 1 aromatic heterocycles. The second-order valence-corrected chi connectivity index (χ2v) is 6.48. The Labute approximate surface area is 150 Å². The molecule has 1 aliphatic carbocycles. The van der Waals surface area contributed by atoms with Gasteiger partial charge in [-0.1, -0.05) is 25.1 Å². The molecule has 3 rings (SSSR count). The summed E-state index contributed by atoms with van der Waals surface area (Å²) in [5.74, 6) is -0.951. The molecule has 0 radical (unpaired) electrons. The van der Waals surface area contributed by atoms with Gasteiger partial charge in [-0.15, -0.1) is 0 Å². The standard InChI is InChI=1S/C19H19N3O4/c1-11-8-16-14(17(24)9-11)10-15(19(26)22(16)21-12(2)23)20-18(25)13-6-4-3-5-7-13/h3-7,10-11H,8-9H2,1-2H3,(H,20,25)(H,21,23). The third kappa shape index (κ3) is 3.42. The Morgan fingerprint density at radius 2 is 1.81 bits per heavy atom. The highest BCUT2D eigenvalue weighted by Gasteiger charge is 2.28. The number of ketones is 1. The number of carbonyl (C=O) groups excluding carboxylic acids is 3. The van der Waals surface area contributed by atoms with Crippen molar-refractivity contribution in [1.82, 2.24) is 4.68 Å². The van der Waals surface area contributed by atoms with Crippen LogP contribution in [0.15, 0.2) is 41.2 Å². The first-order chi connectivity index (χ1) is 12.4. The van der Waals surface area contributed by atoms with Crippen molar-refractivity contribution < 1.29 is 14.4 Å². The first-order valence-corrected chi connectivity index (χ1v) is 8.33.